The van der Waals surface area contributed by atoms with E-state index in [9.17, 15) is 0 Å². The molecule has 0 aliphatic carbocycles. The van der Waals surface area contributed by atoms with Crippen molar-refractivity contribution < 1.29 is 0 Å². The van der Waals surface area contributed by atoms with Crippen LogP contribution in [0.2, 0.25) is 0 Å². The number of hydrogen-bond donors (Lipinski definition) is 1. The summed E-state index contributed by atoms with van der Waals surface area (Å²) in [6, 6.07) is 0. The molecule has 1 rings (SSSR count). The molecule has 15 heavy (non-hydrogen) atoms. The normalized spacial score (nSPS) is 13.5. The number of nitrogens with one attached hydrogen (secondary N) is 1. The van der Waals surface area contributed by atoms with Gasteiger partial charge in [0.15, 0.2) is 0 Å². The Labute approximate surface area is 97.1 Å². The van der Waals surface area contributed by atoms with E-state index in [0.29, 0.717) is 11.8 Å². The van der Waals surface area contributed by atoms with Crippen LogP contribution in [-0.2, 0) is 6.42 Å². The molecule has 0 saturated carbocycles. The molecule has 1 N–H and O–H groups in total. The summed E-state index contributed by atoms with van der Waals surface area (Å²) in [5, 5.41) is 4.55. The molecule has 1 unspecified atom stereocenters. The standard InChI is InChI=1S/C12H22N2S/c1-6-11-14-9(4)12(15-11)10(7-13-5)8(2)3/h8,10,13H,6-7H2,1-5H3. The second-order valence-corrected chi connectivity index (χ2v) is 5.43. The van der Waals surface area contributed by atoms with Gasteiger partial charge in [-0.1, -0.05) is 20.8 Å². The Morgan fingerprint density at radius 3 is 2.47 bits per heavy atom. The lowest BCUT2D eigenvalue weighted by atomic mass is 9.93. The molecule has 0 aliphatic rings. The third-order valence-electron chi connectivity index (χ3n) is 2.74. The number of aromatic nitrogens is 1. The highest BCUT2D eigenvalue weighted by Gasteiger charge is 2.20. The summed E-state index contributed by atoms with van der Waals surface area (Å²) in [5.74, 6) is 1.27. The summed E-state index contributed by atoms with van der Waals surface area (Å²) < 4.78 is 0. The Hall–Kier alpha value is -0.410. The molecule has 1 heterocycles. The van der Waals surface area contributed by atoms with Crippen LogP contribution in [0.1, 0.15) is 42.3 Å². The Morgan fingerprint density at radius 1 is 1.40 bits per heavy atom. The maximum absolute atomic E-state index is 4.61. The highest BCUT2D eigenvalue weighted by atomic mass is 32.1. The van der Waals surface area contributed by atoms with Crippen LogP contribution in [0, 0.1) is 12.8 Å². The summed E-state index contributed by atoms with van der Waals surface area (Å²) >= 11 is 1.88. The van der Waals surface area contributed by atoms with E-state index >= 15 is 0 Å². The van der Waals surface area contributed by atoms with Crippen LogP contribution in [0.25, 0.3) is 0 Å². The van der Waals surface area contributed by atoms with E-state index in [2.05, 4.69) is 38.0 Å². The molecule has 0 amide bonds. The predicted molar refractivity (Wildman–Crippen MR) is 67.7 cm³/mol. The number of nitrogens with zero attached hydrogens (tertiary/aromatic N) is 1. The highest BCUT2D eigenvalue weighted by Crippen LogP contribution is 2.31. The Balaban J connectivity index is 2.94. The SMILES string of the molecule is CCc1nc(C)c(C(CNC)C(C)C)s1. The number of aryl methyl sites for hydroxylation is 2. The van der Waals surface area contributed by atoms with Gasteiger partial charge in [0.2, 0.25) is 0 Å². The Bertz CT molecular complexity index is 305. The zero-order valence-electron chi connectivity index (χ0n) is 10.4. The van der Waals surface area contributed by atoms with Crippen LogP contribution >= 0.6 is 11.3 Å². The van der Waals surface area contributed by atoms with E-state index in [1.165, 1.54) is 15.6 Å². The molecule has 0 spiro atoms. The van der Waals surface area contributed by atoms with Crippen molar-refractivity contribution in [3.05, 3.63) is 15.6 Å². The van der Waals surface area contributed by atoms with E-state index < -0.39 is 0 Å². The molecule has 2 nitrogen and oxygen atoms in total. The van der Waals surface area contributed by atoms with Crippen molar-refractivity contribution in [2.75, 3.05) is 13.6 Å². The van der Waals surface area contributed by atoms with Crippen LogP contribution in [0.4, 0.5) is 0 Å². The average Bonchev–Trinajstić information content (AvgIpc) is 2.55. The molecule has 1 aromatic rings. The van der Waals surface area contributed by atoms with Crippen LogP contribution < -0.4 is 5.32 Å². The maximum Gasteiger partial charge on any atom is 0.0928 e. The average molecular weight is 226 g/mol. The van der Waals surface area contributed by atoms with Crippen LogP contribution in [0.3, 0.4) is 0 Å². The minimum atomic E-state index is 0.604. The first-order valence-electron chi connectivity index (χ1n) is 5.70. The lowest BCUT2D eigenvalue weighted by Gasteiger charge is -2.19. The fraction of sp³-hybridized carbons (Fsp3) is 0.750. The zero-order chi connectivity index (χ0) is 11.4. The largest absolute Gasteiger partial charge is 0.319 e. The minimum absolute atomic E-state index is 0.604. The molecule has 0 fully saturated rings. The number of thiazole rings is 1. The van der Waals surface area contributed by atoms with Crippen LogP contribution in [-0.4, -0.2) is 18.6 Å². The van der Waals surface area contributed by atoms with Crippen molar-refractivity contribution in [2.45, 2.75) is 40.0 Å². The molecule has 3 heteroatoms. The molecule has 0 bridgehead atoms. The highest BCUT2D eigenvalue weighted by molar-refractivity contribution is 7.11. The van der Waals surface area contributed by atoms with E-state index in [0.717, 1.165) is 13.0 Å². The van der Waals surface area contributed by atoms with Gasteiger partial charge in [-0.3, -0.25) is 0 Å². The first-order chi connectivity index (χ1) is 7.10. The van der Waals surface area contributed by atoms with E-state index in [-0.39, 0.29) is 0 Å². The monoisotopic (exact) mass is 226 g/mol. The lowest BCUT2D eigenvalue weighted by molar-refractivity contribution is 0.482. The molecule has 86 valence electrons. The molecule has 0 radical (unpaired) electrons. The minimum Gasteiger partial charge on any atom is -0.319 e. The van der Waals surface area contributed by atoms with Gasteiger partial charge in [-0.25, -0.2) is 4.98 Å². The number of likely N-dealkylation sites (N-methyl/N-ethyl adjacent to an activating group) is 1. The summed E-state index contributed by atoms with van der Waals surface area (Å²) in [7, 11) is 2.02. The van der Waals surface area contributed by atoms with E-state index in [1.54, 1.807) is 0 Å². The summed E-state index contributed by atoms with van der Waals surface area (Å²) in [4.78, 5) is 6.07. The fourth-order valence-corrected chi connectivity index (χ4v) is 3.09. The number of rotatable bonds is 5. The van der Waals surface area contributed by atoms with Gasteiger partial charge in [0.1, 0.15) is 0 Å². The topological polar surface area (TPSA) is 24.9 Å². The van der Waals surface area contributed by atoms with E-state index in [1.807, 2.05) is 18.4 Å². The first-order valence-corrected chi connectivity index (χ1v) is 6.52. The summed E-state index contributed by atoms with van der Waals surface area (Å²) in [5.41, 5.74) is 1.23. The van der Waals surface area contributed by atoms with Gasteiger partial charge < -0.3 is 5.32 Å². The Kier molecular flexibility index (Phi) is 4.74. The molecule has 0 aliphatic heterocycles. The van der Waals surface area contributed by atoms with Gasteiger partial charge in [-0.05, 0) is 26.3 Å². The Morgan fingerprint density at radius 2 is 2.07 bits per heavy atom. The molecule has 1 aromatic heterocycles. The molecular formula is C12H22N2S. The second-order valence-electron chi connectivity index (χ2n) is 4.32. The summed E-state index contributed by atoms with van der Waals surface area (Å²) in [6.07, 6.45) is 1.05. The van der Waals surface area contributed by atoms with Gasteiger partial charge in [-0.2, -0.15) is 0 Å². The third kappa shape index (κ3) is 3.02. The first kappa shape index (κ1) is 12.7. The van der Waals surface area contributed by atoms with Crippen LogP contribution in [0.15, 0.2) is 0 Å². The molecular weight excluding hydrogens is 204 g/mol. The van der Waals surface area contributed by atoms with Crippen molar-refractivity contribution in [2.24, 2.45) is 5.92 Å². The van der Waals surface area contributed by atoms with Crippen molar-refractivity contribution in [1.82, 2.24) is 10.3 Å². The summed E-state index contributed by atoms with van der Waals surface area (Å²) in [6.45, 7) is 9.92. The predicted octanol–water partition coefficient (Wildman–Crippen LogP) is 2.97. The quantitative estimate of drug-likeness (QED) is 0.835. The maximum atomic E-state index is 4.61. The van der Waals surface area contributed by atoms with Gasteiger partial charge >= 0.3 is 0 Å². The van der Waals surface area contributed by atoms with Gasteiger partial charge in [-0.15, -0.1) is 11.3 Å². The molecule has 1 atom stereocenters. The molecule has 0 aromatic carbocycles. The third-order valence-corrected chi connectivity index (χ3v) is 4.18. The van der Waals surface area contributed by atoms with Crippen molar-refractivity contribution in [3.63, 3.8) is 0 Å². The van der Waals surface area contributed by atoms with Gasteiger partial charge in [0.25, 0.3) is 0 Å². The van der Waals surface area contributed by atoms with Crippen LogP contribution in [0.5, 0.6) is 0 Å². The second kappa shape index (κ2) is 5.61. The van der Waals surface area contributed by atoms with Gasteiger partial charge in [0, 0.05) is 17.3 Å². The van der Waals surface area contributed by atoms with Gasteiger partial charge in [0.05, 0.1) is 10.7 Å². The van der Waals surface area contributed by atoms with E-state index in [4.69, 9.17) is 0 Å². The smallest absolute Gasteiger partial charge is 0.0928 e. The fourth-order valence-electron chi connectivity index (χ4n) is 1.81. The zero-order valence-corrected chi connectivity index (χ0v) is 11.2. The van der Waals surface area contributed by atoms with Crippen molar-refractivity contribution in [1.29, 1.82) is 0 Å². The number of hydrogen-bond acceptors (Lipinski definition) is 3. The lowest BCUT2D eigenvalue weighted by Crippen LogP contribution is -2.21. The van der Waals surface area contributed by atoms with Crippen molar-refractivity contribution in [3.8, 4) is 0 Å². The molecule has 0 saturated heterocycles. The van der Waals surface area contributed by atoms with Crippen molar-refractivity contribution >= 4 is 11.3 Å².